The number of hydrogen-bond acceptors (Lipinski definition) is 0. The van der Waals surface area contributed by atoms with Crippen molar-refractivity contribution in [1.82, 2.24) is 0 Å². The van der Waals surface area contributed by atoms with Crippen LogP contribution in [0, 0.1) is 12.3 Å². The van der Waals surface area contributed by atoms with Crippen molar-refractivity contribution < 1.29 is 0 Å². The van der Waals surface area contributed by atoms with Crippen LogP contribution in [0.3, 0.4) is 0 Å². The van der Waals surface area contributed by atoms with Gasteiger partial charge < -0.3 is 0 Å². The van der Waals surface area contributed by atoms with Crippen LogP contribution in [-0.2, 0) is 0 Å². The zero-order valence-electron chi connectivity index (χ0n) is 6.45. The highest BCUT2D eigenvalue weighted by molar-refractivity contribution is 7.42. The fourth-order valence-corrected chi connectivity index (χ4v) is 0.948. The summed E-state index contributed by atoms with van der Waals surface area (Å²) >= 11 is 5.77. The second-order valence-corrected chi connectivity index (χ2v) is 3.44. The number of terminal acetylenes is 1. The molecule has 0 aromatic carbocycles. The predicted octanol–water partition coefficient (Wildman–Crippen LogP) is 3.12. The van der Waals surface area contributed by atoms with E-state index in [1.54, 1.807) is 6.08 Å². The summed E-state index contributed by atoms with van der Waals surface area (Å²) in [5.74, 6) is 2.36. The molecule has 0 aliphatic heterocycles. The van der Waals surface area contributed by atoms with Crippen molar-refractivity contribution in [2.24, 2.45) is 0 Å². The van der Waals surface area contributed by atoms with Gasteiger partial charge >= 0.3 is 0 Å². The van der Waals surface area contributed by atoms with Crippen LogP contribution in [0.2, 0.25) is 0 Å². The smallest absolute Gasteiger partial charge is 0.0562 e. The predicted molar refractivity (Wildman–Crippen MR) is 55.3 cm³/mol. The Kier molecular flexibility index (Phi) is 4.95. The van der Waals surface area contributed by atoms with Crippen molar-refractivity contribution in [1.29, 1.82) is 0 Å². The molecule has 0 nitrogen and oxygen atoms in total. The standard InChI is InChI=1S/C9H10ClP/c1-5-7(2)9(10)6-8(3)11-4/h1,6,11H,2-3H2,4H3/b9-6+. The molecule has 0 heterocycles. The van der Waals surface area contributed by atoms with Crippen molar-refractivity contribution in [3.8, 4) is 12.3 Å². The van der Waals surface area contributed by atoms with E-state index in [4.69, 9.17) is 18.0 Å². The average Bonchev–Trinajstić information content (AvgIpc) is 2.02. The number of rotatable bonds is 3. The zero-order chi connectivity index (χ0) is 8.85. The van der Waals surface area contributed by atoms with E-state index in [1.165, 1.54) is 0 Å². The normalized spacial score (nSPS) is 11.5. The van der Waals surface area contributed by atoms with E-state index >= 15 is 0 Å². The van der Waals surface area contributed by atoms with E-state index in [9.17, 15) is 0 Å². The van der Waals surface area contributed by atoms with Crippen LogP contribution in [0.15, 0.2) is 35.2 Å². The zero-order valence-corrected chi connectivity index (χ0v) is 8.20. The van der Waals surface area contributed by atoms with E-state index in [2.05, 4.69) is 19.1 Å². The summed E-state index contributed by atoms with van der Waals surface area (Å²) in [5, 5.41) is 1.48. The van der Waals surface area contributed by atoms with Crippen LogP contribution < -0.4 is 0 Å². The molecular formula is C9H10ClP. The van der Waals surface area contributed by atoms with Crippen molar-refractivity contribution in [2.45, 2.75) is 0 Å². The molecule has 0 rings (SSSR count). The fourth-order valence-electron chi connectivity index (χ4n) is 0.381. The lowest BCUT2D eigenvalue weighted by Crippen LogP contribution is -1.75. The summed E-state index contributed by atoms with van der Waals surface area (Å²) in [6, 6.07) is 0. The van der Waals surface area contributed by atoms with Gasteiger partial charge in [-0.15, -0.1) is 6.42 Å². The minimum absolute atomic E-state index is 0.506. The Morgan fingerprint density at radius 2 is 2.18 bits per heavy atom. The molecule has 0 amide bonds. The quantitative estimate of drug-likeness (QED) is 0.359. The topological polar surface area (TPSA) is 0 Å². The third-order valence-corrected chi connectivity index (χ3v) is 2.21. The molecule has 11 heavy (non-hydrogen) atoms. The van der Waals surface area contributed by atoms with Gasteiger partial charge in [-0.3, -0.25) is 0 Å². The Morgan fingerprint density at radius 3 is 2.55 bits per heavy atom. The second kappa shape index (κ2) is 5.19. The molecule has 0 N–H and O–H groups in total. The molecule has 0 bridgehead atoms. The molecule has 0 saturated carbocycles. The number of hydrogen-bond donors (Lipinski definition) is 0. The molecule has 58 valence electrons. The third kappa shape index (κ3) is 4.04. The second-order valence-electron chi connectivity index (χ2n) is 1.89. The molecule has 0 aromatic heterocycles. The van der Waals surface area contributed by atoms with Crippen LogP contribution in [0.4, 0.5) is 0 Å². The van der Waals surface area contributed by atoms with Crippen LogP contribution in [0.1, 0.15) is 0 Å². The van der Waals surface area contributed by atoms with E-state index in [0.29, 0.717) is 19.2 Å². The van der Waals surface area contributed by atoms with Crippen molar-refractivity contribution in [3.63, 3.8) is 0 Å². The maximum atomic E-state index is 5.77. The van der Waals surface area contributed by atoms with Gasteiger partial charge in [0, 0.05) is 5.57 Å². The fraction of sp³-hybridized carbons (Fsp3) is 0.111. The Bertz CT molecular complexity index is 243. The first kappa shape index (κ1) is 10.5. The number of allylic oxidation sites excluding steroid dienone is 4. The molecular weight excluding hydrogens is 175 g/mol. The lowest BCUT2D eigenvalue weighted by atomic mass is 10.3. The minimum atomic E-state index is 0.506. The maximum Gasteiger partial charge on any atom is 0.0562 e. The van der Waals surface area contributed by atoms with Gasteiger partial charge in [0.1, 0.15) is 0 Å². The van der Waals surface area contributed by atoms with Gasteiger partial charge in [-0.2, -0.15) is 0 Å². The van der Waals surface area contributed by atoms with Gasteiger partial charge in [-0.25, -0.2) is 0 Å². The summed E-state index contributed by atoms with van der Waals surface area (Å²) in [6.45, 7) is 9.39. The van der Waals surface area contributed by atoms with Gasteiger partial charge in [0.15, 0.2) is 0 Å². The summed E-state index contributed by atoms with van der Waals surface area (Å²) in [4.78, 5) is 0. The van der Waals surface area contributed by atoms with E-state index in [1.807, 2.05) is 6.66 Å². The third-order valence-electron chi connectivity index (χ3n) is 1.08. The van der Waals surface area contributed by atoms with Gasteiger partial charge in [0.05, 0.1) is 5.03 Å². The summed E-state index contributed by atoms with van der Waals surface area (Å²) < 4.78 is 0. The Hall–Kier alpha value is -0.500. The monoisotopic (exact) mass is 184 g/mol. The number of halogens is 1. The molecule has 0 fully saturated rings. The first-order chi connectivity index (χ1) is 5.11. The van der Waals surface area contributed by atoms with Crippen LogP contribution in [0.25, 0.3) is 0 Å². The van der Waals surface area contributed by atoms with Crippen molar-refractivity contribution in [3.05, 3.63) is 35.2 Å². The first-order valence-electron chi connectivity index (χ1n) is 3.01. The molecule has 0 aliphatic rings. The maximum absolute atomic E-state index is 5.77. The molecule has 0 saturated heterocycles. The molecule has 2 heteroatoms. The van der Waals surface area contributed by atoms with E-state index < -0.39 is 0 Å². The van der Waals surface area contributed by atoms with Gasteiger partial charge in [-0.1, -0.05) is 39.3 Å². The van der Waals surface area contributed by atoms with E-state index in [-0.39, 0.29) is 0 Å². The Labute approximate surface area is 74.8 Å². The largest absolute Gasteiger partial charge is 0.115 e. The first-order valence-corrected chi connectivity index (χ1v) is 4.89. The summed E-state index contributed by atoms with van der Waals surface area (Å²) in [6.07, 6.45) is 6.84. The van der Waals surface area contributed by atoms with Crippen LogP contribution in [-0.4, -0.2) is 6.66 Å². The van der Waals surface area contributed by atoms with Gasteiger partial charge in [0.25, 0.3) is 0 Å². The SMILES string of the molecule is C#CC(=C)/C(Cl)=C\C(=C)PC. The highest BCUT2D eigenvalue weighted by Crippen LogP contribution is 2.22. The molecule has 0 spiro atoms. The molecule has 0 aromatic rings. The highest BCUT2D eigenvalue weighted by atomic mass is 35.5. The minimum Gasteiger partial charge on any atom is -0.115 e. The molecule has 0 aliphatic carbocycles. The molecule has 1 atom stereocenters. The summed E-state index contributed by atoms with van der Waals surface area (Å²) in [5.41, 5.74) is 0.506. The Balaban J connectivity index is 4.37. The van der Waals surface area contributed by atoms with E-state index in [0.717, 1.165) is 5.31 Å². The average molecular weight is 185 g/mol. The highest BCUT2D eigenvalue weighted by Gasteiger charge is 1.94. The van der Waals surface area contributed by atoms with Gasteiger partial charge in [0.2, 0.25) is 0 Å². The van der Waals surface area contributed by atoms with Crippen molar-refractivity contribution >= 4 is 20.2 Å². The lowest BCUT2D eigenvalue weighted by molar-refractivity contribution is 1.74. The van der Waals surface area contributed by atoms with Gasteiger partial charge in [-0.05, 0) is 18.1 Å². The van der Waals surface area contributed by atoms with Crippen molar-refractivity contribution in [2.75, 3.05) is 6.66 Å². The lowest BCUT2D eigenvalue weighted by Gasteiger charge is -1.96. The Morgan fingerprint density at radius 1 is 1.64 bits per heavy atom. The van der Waals surface area contributed by atoms with Crippen LogP contribution in [0.5, 0.6) is 0 Å². The van der Waals surface area contributed by atoms with Crippen LogP contribution >= 0.6 is 20.2 Å². The molecule has 0 radical (unpaired) electrons. The molecule has 1 unspecified atom stereocenters. The summed E-state index contributed by atoms with van der Waals surface area (Å²) in [7, 11) is 0.653.